The molecule has 0 radical (unpaired) electrons. The summed E-state index contributed by atoms with van der Waals surface area (Å²) < 4.78 is 0. The van der Waals surface area contributed by atoms with Crippen molar-refractivity contribution in [2.45, 2.75) is 18.9 Å². The predicted molar refractivity (Wildman–Crippen MR) is 99.9 cm³/mol. The molecule has 1 atom stereocenters. The Balaban J connectivity index is 1.83. The van der Waals surface area contributed by atoms with Crippen molar-refractivity contribution in [2.24, 2.45) is 11.5 Å². The molecule has 0 heterocycles. The number of hydrogen-bond donors (Lipinski definition) is 3. The minimum absolute atomic E-state index is 0.0764. The quantitative estimate of drug-likeness (QED) is 0.492. The lowest BCUT2D eigenvalue weighted by atomic mass is 10.0. The van der Waals surface area contributed by atoms with Crippen LogP contribution in [0.3, 0.4) is 0 Å². The molecular weight excluding hydrogens is 282 g/mol. The van der Waals surface area contributed by atoms with Crippen molar-refractivity contribution >= 4 is 12.2 Å². The standard InChI is InChI=1S/C20H27N3/c21-14-4-15-23-16-13-20(22)19-11-9-18(10-12-19)8-7-17-5-2-1-3-6-17/h1-3,5-12,20,23H,4,13-16,21-22H2/b8-7-. The highest BCUT2D eigenvalue weighted by Gasteiger charge is 2.04. The van der Waals surface area contributed by atoms with Gasteiger partial charge in [0.15, 0.2) is 0 Å². The van der Waals surface area contributed by atoms with Crippen LogP contribution in [-0.4, -0.2) is 19.6 Å². The van der Waals surface area contributed by atoms with E-state index in [2.05, 4.69) is 53.9 Å². The smallest absolute Gasteiger partial charge is 0.0307 e. The third-order valence-electron chi connectivity index (χ3n) is 3.82. The third-order valence-corrected chi connectivity index (χ3v) is 3.82. The molecule has 23 heavy (non-hydrogen) atoms. The minimum atomic E-state index is 0.0764. The third kappa shape index (κ3) is 6.37. The van der Waals surface area contributed by atoms with Gasteiger partial charge in [0.25, 0.3) is 0 Å². The molecule has 3 nitrogen and oxygen atoms in total. The molecule has 0 aromatic heterocycles. The van der Waals surface area contributed by atoms with Crippen molar-refractivity contribution in [3.8, 4) is 0 Å². The van der Waals surface area contributed by atoms with Crippen LogP contribution in [-0.2, 0) is 0 Å². The highest BCUT2D eigenvalue weighted by atomic mass is 14.9. The zero-order chi connectivity index (χ0) is 16.3. The minimum Gasteiger partial charge on any atom is -0.330 e. The van der Waals surface area contributed by atoms with Crippen molar-refractivity contribution in [1.29, 1.82) is 0 Å². The molecule has 0 amide bonds. The first-order valence-corrected chi connectivity index (χ1v) is 8.29. The van der Waals surface area contributed by atoms with Gasteiger partial charge in [-0.15, -0.1) is 0 Å². The van der Waals surface area contributed by atoms with Gasteiger partial charge in [0, 0.05) is 6.04 Å². The molecule has 0 spiro atoms. The van der Waals surface area contributed by atoms with E-state index in [9.17, 15) is 0 Å². The SMILES string of the molecule is NCCCNCCC(N)c1ccc(/C=C\c2ccccc2)cc1. The topological polar surface area (TPSA) is 64.1 Å². The first kappa shape index (κ1) is 17.4. The van der Waals surface area contributed by atoms with E-state index in [1.165, 1.54) is 16.7 Å². The van der Waals surface area contributed by atoms with Crippen LogP contribution < -0.4 is 16.8 Å². The summed E-state index contributed by atoms with van der Waals surface area (Å²) in [5.41, 5.74) is 15.3. The maximum absolute atomic E-state index is 6.24. The fourth-order valence-electron chi connectivity index (χ4n) is 2.39. The van der Waals surface area contributed by atoms with Crippen LogP contribution in [0.15, 0.2) is 54.6 Å². The van der Waals surface area contributed by atoms with E-state index in [1.54, 1.807) is 0 Å². The molecule has 0 saturated heterocycles. The summed E-state index contributed by atoms with van der Waals surface area (Å²) in [6.45, 7) is 2.63. The van der Waals surface area contributed by atoms with Crippen molar-refractivity contribution in [3.05, 3.63) is 71.3 Å². The van der Waals surface area contributed by atoms with Gasteiger partial charge in [0.2, 0.25) is 0 Å². The monoisotopic (exact) mass is 309 g/mol. The number of nitrogens with two attached hydrogens (primary N) is 2. The molecular formula is C20H27N3. The molecule has 0 aliphatic carbocycles. The molecule has 2 aromatic carbocycles. The number of rotatable bonds is 9. The van der Waals surface area contributed by atoms with Crippen LogP contribution >= 0.6 is 0 Å². The Morgan fingerprint density at radius 2 is 1.52 bits per heavy atom. The van der Waals surface area contributed by atoms with E-state index in [0.717, 1.165) is 32.5 Å². The summed E-state index contributed by atoms with van der Waals surface area (Å²) >= 11 is 0. The van der Waals surface area contributed by atoms with E-state index in [-0.39, 0.29) is 6.04 Å². The molecule has 0 fully saturated rings. The number of nitrogens with one attached hydrogen (secondary N) is 1. The lowest BCUT2D eigenvalue weighted by Gasteiger charge is -2.13. The van der Waals surface area contributed by atoms with Gasteiger partial charge in [0.05, 0.1) is 0 Å². The van der Waals surface area contributed by atoms with E-state index in [4.69, 9.17) is 11.5 Å². The molecule has 0 bridgehead atoms. The van der Waals surface area contributed by atoms with Crippen LogP contribution in [0.1, 0.15) is 35.6 Å². The summed E-state index contributed by atoms with van der Waals surface area (Å²) in [5.74, 6) is 0. The van der Waals surface area contributed by atoms with Crippen molar-refractivity contribution in [3.63, 3.8) is 0 Å². The average molecular weight is 309 g/mol. The fourth-order valence-corrected chi connectivity index (χ4v) is 2.39. The summed E-state index contributed by atoms with van der Waals surface area (Å²) in [5, 5.41) is 3.37. The van der Waals surface area contributed by atoms with E-state index >= 15 is 0 Å². The summed E-state index contributed by atoms with van der Waals surface area (Å²) in [6, 6.07) is 18.9. The van der Waals surface area contributed by atoms with Gasteiger partial charge in [-0.2, -0.15) is 0 Å². The Kier molecular flexibility index (Phi) is 7.54. The second-order valence-corrected chi connectivity index (χ2v) is 5.70. The van der Waals surface area contributed by atoms with Crippen LogP contribution in [0.25, 0.3) is 12.2 Å². The molecule has 2 aromatic rings. The molecule has 5 N–H and O–H groups in total. The van der Waals surface area contributed by atoms with Gasteiger partial charge >= 0.3 is 0 Å². The van der Waals surface area contributed by atoms with Gasteiger partial charge < -0.3 is 16.8 Å². The first-order valence-electron chi connectivity index (χ1n) is 8.29. The Labute approximate surface area is 139 Å². The van der Waals surface area contributed by atoms with Gasteiger partial charge in [-0.25, -0.2) is 0 Å². The van der Waals surface area contributed by atoms with Crippen LogP contribution in [0, 0.1) is 0 Å². The molecule has 3 heteroatoms. The van der Waals surface area contributed by atoms with E-state index in [0.29, 0.717) is 0 Å². The lowest BCUT2D eigenvalue weighted by molar-refractivity contribution is 0.571. The molecule has 0 aliphatic heterocycles. The summed E-state index contributed by atoms with van der Waals surface area (Å²) in [4.78, 5) is 0. The Morgan fingerprint density at radius 1 is 0.870 bits per heavy atom. The maximum Gasteiger partial charge on any atom is 0.0307 e. The normalized spacial score (nSPS) is 12.6. The highest BCUT2D eigenvalue weighted by Crippen LogP contribution is 2.16. The summed E-state index contributed by atoms with van der Waals surface area (Å²) in [7, 11) is 0. The largest absolute Gasteiger partial charge is 0.330 e. The molecule has 2 rings (SSSR count). The second kappa shape index (κ2) is 9.95. The van der Waals surface area contributed by atoms with Crippen molar-refractivity contribution in [2.75, 3.05) is 19.6 Å². The zero-order valence-electron chi connectivity index (χ0n) is 13.6. The average Bonchev–Trinajstić information content (AvgIpc) is 2.61. The van der Waals surface area contributed by atoms with Gasteiger partial charge in [-0.1, -0.05) is 66.7 Å². The molecule has 0 aliphatic rings. The Hall–Kier alpha value is -1.94. The first-order chi connectivity index (χ1) is 11.3. The maximum atomic E-state index is 6.24. The second-order valence-electron chi connectivity index (χ2n) is 5.70. The lowest BCUT2D eigenvalue weighted by Crippen LogP contribution is -2.23. The molecule has 122 valence electrons. The predicted octanol–water partition coefficient (Wildman–Crippen LogP) is 3.19. The fraction of sp³-hybridized carbons (Fsp3) is 0.300. The molecule has 0 saturated carbocycles. The van der Waals surface area contributed by atoms with Crippen LogP contribution in [0.5, 0.6) is 0 Å². The zero-order valence-corrected chi connectivity index (χ0v) is 13.6. The summed E-state index contributed by atoms with van der Waals surface area (Å²) in [6.07, 6.45) is 6.19. The van der Waals surface area contributed by atoms with Gasteiger partial charge in [-0.3, -0.25) is 0 Å². The Morgan fingerprint density at radius 3 is 2.17 bits per heavy atom. The van der Waals surface area contributed by atoms with Crippen LogP contribution in [0.2, 0.25) is 0 Å². The highest BCUT2D eigenvalue weighted by molar-refractivity contribution is 5.69. The van der Waals surface area contributed by atoms with Crippen molar-refractivity contribution in [1.82, 2.24) is 5.32 Å². The van der Waals surface area contributed by atoms with Gasteiger partial charge in [-0.05, 0) is 49.2 Å². The van der Waals surface area contributed by atoms with Gasteiger partial charge in [0.1, 0.15) is 0 Å². The number of benzene rings is 2. The number of hydrogen-bond acceptors (Lipinski definition) is 3. The van der Waals surface area contributed by atoms with E-state index in [1.807, 2.05) is 18.2 Å². The molecule has 1 unspecified atom stereocenters. The van der Waals surface area contributed by atoms with Crippen molar-refractivity contribution < 1.29 is 0 Å². The van der Waals surface area contributed by atoms with Crippen LogP contribution in [0.4, 0.5) is 0 Å². The van der Waals surface area contributed by atoms with E-state index < -0.39 is 0 Å². The Bertz CT molecular complexity index is 576.